The minimum Gasteiger partial charge on any atom is -0.486 e. The molecule has 5 nitrogen and oxygen atoms in total. The summed E-state index contributed by atoms with van der Waals surface area (Å²) < 4.78 is 6.41. The third kappa shape index (κ3) is 4.60. The van der Waals surface area contributed by atoms with Crippen LogP contribution in [0.1, 0.15) is 15.5 Å². The Labute approximate surface area is 159 Å². The van der Waals surface area contributed by atoms with Gasteiger partial charge in [0.1, 0.15) is 12.4 Å². The van der Waals surface area contributed by atoms with Crippen molar-refractivity contribution in [3.05, 3.63) is 55.9 Å². The molecule has 0 spiro atoms. The number of thiophene rings is 1. The first-order chi connectivity index (χ1) is 11.6. The normalized spacial score (nSPS) is 10.8. The van der Waals surface area contributed by atoms with Gasteiger partial charge in [-0.2, -0.15) is 0 Å². The van der Waals surface area contributed by atoms with Gasteiger partial charge in [0.15, 0.2) is 11.6 Å². The molecule has 0 atom stereocenters. The van der Waals surface area contributed by atoms with Crippen LogP contribution in [0.15, 0.2) is 45.3 Å². The van der Waals surface area contributed by atoms with Gasteiger partial charge >= 0.3 is 0 Å². The summed E-state index contributed by atoms with van der Waals surface area (Å²) in [5, 5.41) is 9.94. The molecule has 1 N–H and O–H groups in total. The molecule has 0 fully saturated rings. The van der Waals surface area contributed by atoms with Crippen molar-refractivity contribution < 1.29 is 9.53 Å². The second-order valence-electron chi connectivity index (χ2n) is 4.62. The number of nitrogens with zero attached hydrogens (tertiary/aromatic N) is 2. The largest absolute Gasteiger partial charge is 0.486 e. The number of ketones is 1. The number of hydrogen-bond acceptors (Lipinski definition) is 6. The minimum absolute atomic E-state index is 0.0469. The van der Waals surface area contributed by atoms with Gasteiger partial charge in [-0.25, -0.2) is 4.98 Å². The number of benzene rings is 1. The molecular formula is C15H11BrClN3O2S2. The molecule has 0 bridgehead atoms. The zero-order chi connectivity index (χ0) is 16.9. The molecule has 0 amide bonds. The van der Waals surface area contributed by atoms with Gasteiger partial charge in [0.2, 0.25) is 5.16 Å². The average molecular weight is 445 g/mol. The summed E-state index contributed by atoms with van der Waals surface area (Å²) in [5.41, 5.74) is 0. The molecule has 2 heterocycles. The lowest BCUT2D eigenvalue weighted by Crippen LogP contribution is -2.00. The van der Waals surface area contributed by atoms with Crippen LogP contribution >= 0.6 is 50.6 Å². The number of H-pyrrole nitrogens is 1. The molecule has 0 saturated heterocycles. The number of rotatable bonds is 7. The predicted molar refractivity (Wildman–Crippen MR) is 99.2 cm³/mol. The van der Waals surface area contributed by atoms with Crippen LogP contribution in [0.4, 0.5) is 0 Å². The van der Waals surface area contributed by atoms with Crippen molar-refractivity contribution in [3.63, 3.8) is 0 Å². The fourth-order valence-corrected chi connectivity index (χ4v) is 4.22. The summed E-state index contributed by atoms with van der Waals surface area (Å²) in [6.07, 6.45) is 0. The van der Waals surface area contributed by atoms with Gasteiger partial charge in [-0.15, -0.1) is 16.4 Å². The van der Waals surface area contributed by atoms with Gasteiger partial charge in [0.25, 0.3) is 0 Å². The fourth-order valence-electron chi connectivity index (χ4n) is 1.78. The Bertz CT molecular complexity index is 835. The van der Waals surface area contributed by atoms with Gasteiger partial charge in [-0.05, 0) is 51.6 Å². The van der Waals surface area contributed by atoms with Crippen molar-refractivity contribution >= 4 is 56.4 Å². The van der Waals surface area contributed by atoms with E-state index in [1.807, 2.05) is 11.4 Å². The summed E-state index contributed by atoms with van der Waals surface area (Å²) in [6, 6.07) is 8.94. The van der Waals surface area contributed by atoms with Gasteiger partial charge in [0, 0.05) is 9.50 Å². The first-order valence-electron chi connectivity index (χ1n) is 6.80. The summed E-state index contributed by atoms with van der Waals surface area (Å²) >= 11 is 11.9. The van der Waals surface area contributed by atoms with E-state index >= 15 is 0 Å². The van der Waals surface area contributed by atoms with Gasteiger partial charge in [-0.3, -0.25) is 9.89 Å². The fraction of sp³-hybridized carbons (Fsp3) is 0.133. The molecule has 0 aliphatic rings. The second kappa shape index (κ2) is 8.15. The topological polar surface area (TPSA) is 67.9 Å². The first-order valence-corrected chi connectivity index (χ1v) is 9.84. The van der Waals surface area contributed by atoms with Crippen molar-refractivity contribution in [1.29, 1.82) is 0 Å². The van der Waals surface area contributed by atoms with Gasteiger partial charge < -0.3 is 4.74 Å². The lowest BCUT2D eigenvalue weighted by molar-refractivity contribution is 0.102. The molecule has 3 rings (SSSR count). The zero-order valence-corrected chi connectivity index (χ0v) is 16.1. The highest BCUT2D eigenvalue weighted by Crippen LogP contribution is 2.25. The quantitative estimate of drug-likeness (QED) is 0.417. The number of ether oxygens (including phenoxy) is 1. The van der Waals surface area contributed by atoms with Crippen LogP contribution in [0.2, 0.25) is 5.02 Å². The van der Waals surface area contributed by atoms with E-state index in [0.29, 0.717) is 26.6 Å². The summed E-state index contributed by atoms with van der Waals surface area (Å²) in [5.74, 6) is 1.62. The van der Waals surface area contributed by atoms with Gasteiger partial charge in [-0.1, -0.05) is 23.4 Å². The number of carbonyl (C=O) groups is 1. The van der Waals surface area contributed by atoms with E-state index in [1.165, 1.54) is 23.1 Å². The van der Waals surface area contributed by atoms with Gasteiger partial charge in [0.05, 0.1) is 10.6 Å². The predicted octanol–water partition coefficient (Wildman–Crippen LogP) is 4.84. The Balaban J connectivity index is 1.51. The van der Waals surface area contributed by atoms with Crippen LogP contribution in [0.3, 0.4) is 0 Å². The van der Waals surface area contributed by atoms with Crippen LogP contribution in [-0.4, -0.2) is 26.7 Å². The highest BCUT2D eigenvalue weighted by molar-refractivity contribution is 9.10. The van der Waals surface area contributed by atoms with E-state index in [-0.39, 0.29) is 18.1 Å². The second-order valence-corrected chi connectivity index (χ2v) is 7.77. The molecule has 24 heavy (non-hydrogen) atoms. The van der Waals surface area contributed by atoms with E-state index in [2.05, 4.69) is 31.1 Å². The number of carbonyl (C=O) groups excluding carboxylic acids is 1. The minimum atomic E-state index is 0.0469. The molecule has 9 heteroatoms. The molecule has 0 aliphatic heterocycles. The zero-order valence-electron chi connectivity index (χ0n) is 12.2. The monoisotopic (exact) mass is 443 g/mol. The lowest BCUT2D eigenvalue weighted by Gasteiger charge is -2.03. The lowest BCUT2D eigenvalue weighted by atomic mass is 10.3. The van der Waals surface area contributed by atoms with Crippen LogP contribution in [-0.2, 0) is 6.61 Å². The van der Waals surface area contributed by atoms with Crippen molar-refractivity contribution in [3.8, 4) is 5.75 Å². The summed E-state index contributed by atoms with van der Waals surface area (Å²) in [4.78, 5) is 17.1. The number of aromatic nitrogens is 3. The summed E-state index contributed by atoms with van der Waals surface area (Å²) in [6.45, 7) is 0.264. The third-order valence-electron chi connectivity index (χ3n) is 2.90. The molecule has 0 radical (unpaired) electrons. The van der Waals surface area contributed by atoms with Crippen molar-refractivity contribution in [2.24, 2.45) is 0 Å². The number of Topliss-reactive ketones (excluding diaryl/α,β-unsaturated/α-hetero) is 1. The molecule has 1 aromatic carbocycles. The van der Waals surface area contributed by atoms with Crippen LogP contribution in [0.25, 0.3) is 0 Å². The van der Waals surface area contributed by atoms with E-state index in [0.717, 1.165) is 4.47 Å². The van der Waals surface area contributed by atoms with E-state index in [9.17, 15) is 4.79 Å². The number of aromatic amines is 1. The maximum atomic E-state index is 12.1. The Kier molecular flexibility index (Phi) is 5.94. The molecule has 0 saturated carbocycles. The van der Waals surface area contributed by atoms with E-state index in [1.54, 1.807) is 24.3 Å². The highest BCUT2D eigenvalue weighted by atomic mass is 79.9. The number of nitrogens with one attached hydrogen (secondary N) is 1. The number of hydrogen-bond donors (Lipinski definition) is 1. The first kappa shape index (κ1) is 17.5. The summed E-state index contributed by atoms with van der Waals surface area (Å²) in [7, 11) is 0. The molecular weight excluding hydrogens is 434 g/mol. The number of halogens is 2. The smallest absolute Gasteiger partial charge is 0.208 e. The Hall–Kier alpha value is -1.35. The molecule has 124 valence electrons. The van der Waals surface area contributed by atoms with Crippen molar-refractivity contribution in [1.82, 2.24) is 15.2 Å². The Morgan fingerprint density at radius 1 is 1.33 bits per heavy atom. The van der Waals surface area contributed by atoms with Crippen molar-refractivity contribution in [2.75, 3.05) is 5.75 Å². The average Bonchev–Trinajstić information content (AvgIpc) is 3.21. The Morgan fingerprint density at radius 2 is 2.12 bits per heavy atom. The molecule has 3 aromatic rings. The standard InChI is InChI=1S/C15H11BrClN3O2S2/c16-11-5-6-23-14(11)12(21)8-24-15-18-13(19-20-15)7-22-10-3-1-9(17)2-4-10/h1-6H,7-8H2,(H,18,19,20). The van der Waals surface area contributed by atoms with Crippen LogP contribution < -0.4 is 4.74 Å². The maximum absolute atomic E-state index is 12.1. The van der Waals surface area contributed by atoms with E-state index < -0.39 is 0 Å². The van der Waals surface area contributed by atoms with Crippen LogP contribution in [0, 0.1) is 0 Å². The van der Waals surface area contributed by atoms with E-state index in [4.69, 9.17) is 16.3 Å². The highest BCUT2D eigenvalue weighted by Gasteiger charge is 2.13. The van der Waals surface area contributed by atoms with Crippen molar-refractivity contribution in [2.45, 2.75) is 11.8 Å². The molecule has 2 aromatic heterocycles. The SMILES string of the molecule is O=C(CSc1n[nH]c(COc2ccc(Cl)cc2)n1)c1sccc1Br. The van der Waals surface area contributed by atoms with Crippen LogP contribution in [0.5, 0.6) is 5.75 Å². The number of thioether (sulfide) groups is 1. The molecule has 0 unspecified atom stereocenters. The third-order valence-corrected chi connectivity index (χ3v) is 5.88. The molecule has 0 aliphatic carbocycles. The maximum Gasteiger partial charge on any atom is 0.208 e. The Morgan fingerprint density at radius 3 is 2.83 bits per heavy atom.